The maximum Gasteiger partial charge on any atom is 0.322 e. The van der Waals surface area contributed by atoms with Gasteiger partial charge in [0, 0.05) is 49.1 Å². The lowest BCUT2D eigenvalue weighted by Crippen LogP contribution is -2.45. The smallest absolute Gasteiger partial charge is 0.322 e. The summed E-state index contributed by atoms with van der Waals surface area (Å²) in [5.41, 5.74) is 0.479. The van der Waals surface area contributed by atoms with Crippen LogP contribution >= 0.6 is 11.6 Å². The number of hydrogen-bond donors (Lipinski definition) is 2. The monoisotopic (exact) mass is 484 g/mol. The first-order valence-electron chi connectivity index (χ1n) is 10.5. The first-order chi connectivity index (χ1) is 16.4. The van der Waals surface area contributed by atoms with Crippen LogP contribution in [0.3, 0.4) is 0 Å². The van der Waals surface area contributed by atoms with Crippen LogP contribution in [-0.2, 0) is 9.53 Å². The Labute approximate surface area is 199 Å². The first-order valence-corrected chi connectivity index (χ1v) is 10.9. The minimum Gasteiger partial charge on any atom is -0.380 e. The highest BCUT2D eigenvalue weighted by molar-refractivity contribution is 6.30. The molecule has 1 aliphatic heterocycles. The van der Waals surface area contributed by atoms with Crippen LogP contribution in [0.1, 0.15) is 6.42 Å². The molecule has 0 bridgehead atoms. The van der Waals surface area contributed by atoms with Crippen LogP contribution in [-0.4, -0.2) is 47.2 Å². The van der Waals surface area contributed by atoms with Gasteiger partial charge in [0.25, 0.3) is 5.56 Å². The molecule has 0 spiro atoms. The van der Waals surface area contributed by atoms with E-state index in [0.717, 1.165) is 6.07 Å². The number of amides is 3. The van der Waals surface area contributed by atoms with Crippen molar-refractivity contribution in [3.63, 3.8) is 0 Å². The summed E-state index contributed by atoms with van der Waals surface area (Å²) in [6.45, 7) is 0.201. The van der Waals surface area contributed by atoms with Crippen LogP contribution in [0.4, 0.5) is 20.6 Å². The van der Waals surface area contributed by atoms with Crippen LogP contribution in [0, 0.1) is 5.82 Å². The number of benzene rings is 2. The van der Waals surface area contributed by atoms with Gasteiger partial charge in [-0.2, -0.15) is 0 Å². The minimum atomic E-state index is -0.868. The van der Waals surface area contributed by atoms with E-state index < -0.39 is 23.8 Å². The zero-order valence-corrected chi connectivity index (χ0v) is 19.0. The number of rotatable bonds is 5. The fourth-order valence-electron chi connectivity index (χ4n) is 3.78. The van der Waals surface area contributed by atoms with E-state index in [1.807, 2.05) is 0 Å². The molecule has 10 heteroatoms. The number of nitrogens with one attached hydrogen (secondary N) is 2. The van der Waals surface area contributed by atoms with Crippen molar-refractivity contribution in [2.75, 3.05) is 24.3 Å². The maximum absolute atomic E-state index is 14.8. The molecule has 0 saturated carbocycles. The second kappa shape index (κ2) is 10.1. The molecule has 2 heterocycles. The number of anilines is 2. The molecular formula is C24H22ClFN4O4. The van der Waals surface area contributed by atoms with Gasteiger partial charge in [-0.15, -0.1) is 0 Å². The minimum absolute atomic E-state index is 0.0587. The fourth-order valence-corrected chi connectivity index (χ4v) is 3.91. The molecule has 3 aromatic rings. The normalized spacial score (nSPS) is 17.4. The summed E-state index contributed by atoms with van der Waals surface area (Å²) in [6, 6.07) is 13.9. The molecule has 3 amide bonds. The molecule has 176 valence electrons. The van der Waals surface area contributed by atoms with E-state index in [0.29, 0.717) is 16.4 Å². The highest BCUT2D eigenvalue weighted by Gasteiger charge is 2.40. The number of aromatic nitrogens is 1. The van der Waals surface area contributed by atoms with Gasteiger partial charge in [0.05, 0.1) is 17.5 Å². The van der Waals surface area contributed by atoms with E-state index in [9.17, 15) is 18.8 Å². The number of carbonyl (C=O) groups is 2. The summed E-state index contributed by atoms with van der Waals surface area (Å²) >= 11 is 5.88. The third-order valence-electron chi connectivity index (χ3n) is 5.57. The fraction of sp³-hybridized carbons (Fsp3) is 0.208. The Morgan fingerprint density at radius 1 is 1.09 bits per heavy atom. The third kappa shape index (κ3) is 5.11. The van der Waals surface area contributed by atoms with E-state index in [1.165, 1.54) is 41.0 Å². The van der Waals surface area contributed by atoms with E-state index in [-0.39, 0.29) is 30.3 Å². The largest absolute Gasteiger partial charge is 0.380 e. The maximum atomic E-state index is 14.8. The first kappa shape index (κ1) is 23.5. The van der Waals surface area contributed by atoms with E-state index >= 15 is 0 Å². The van der Waals surface area contributed by atoms with Crippen molar-refractivity contribution in [2.24, 2.45) is 0 Å². The van der Waals surface area contributed by atoms with Gasteiger partial charge in [0.1, 0.15) is 11.9 Å². The van der Waals surface area contributed by atoms with E-state index in [2.05, 4.69) is 10.6 Å². The van der Waals surface area contributed by atoms with Crippen LogP contribution in [0.15, 0.2) is 71.7 Å². The molecule has 8 nitrogen and oxygen atoms in total. The standard InChI is InChI=1S/C24H22ClFN4O4/c1-34-18-13-21(30(14-18)24(33)27-16-7-5-15(25)6-8-16)23(32)28-20-10-9-17(12-19(20)26)29-11-3-2-4-22(29)31/h2-12,18,21H,13-14H2,1H3,(H,27,33)(H,28,32)/t18-,21-/m1/s1. The lowest BCUT2D eigenvalue weighted by molar-refractivity contribution is -0.119. The molecule has 2 aromatic carbocycles. The molecule has 2 atom stereocenters. The number of halogens is 2. The summed E-state index contributed by atoms with van der Waals surface area (Å²) < 4.78 is 21.4. The molecule has 34 heavy (non-hydrogen) atoms. The Morgan fingerprint density at radius 3 is 2.53 bits per heavy atom. The van der Waals surface area contributed by atoms with Crippen molar-refractivity contribution in [3.8, 4) is 5.69 Å². The van der Waals surface area contributed by atoms with Crippen molar-refractivity contribution < 1.29 is 18.7 Å². The molecule has 1 aromatic heterocycles. The number of hydrogen-bond acceptors (Lipinski definition) is 4. The summed E-state index contributed by atoms with van der Waals surface area (Å²) in [4.78, 5) is 39.2. The number of carbonyl (C=O) groups excluding carboxylic acids is 2. The Balaban J connectivity index is 1.50. The lowest BCUT2D eigenvalue weighted by atomic mass is 10.1. The number of pyridine rings is 1. The van der Waals surface area contributed by atoms with Gasteiger partial charge in [0.2, 0.25) is 5.91 Å². The van der Waals surface area contributed by atoms with Gasteiger partial charge in [-0.05, 0) is 42.5 Å². The van der Waals surface area contributed by atoms with Crippen molar-refractivity contribution in [1.82, 2.24) is 9.47 Å². The highest BCUT2D eigenvalue weighted by atomic mass is 35.5. The molecule has 2 N–H and O–H groups in total. The molecule has 0 unspecified atom stereocenters. The van der Waals surface area contributed by atoms with E-state index in [1.54, 1.807) is 36.4 Å². The lowest BCUT2D eigenvalue weighted by Gasteiger charge is -2.24. The summed E-state index contributed by atoms with van der Waals surface area (Å²) in [5, 5.41) is 5.81. The molecule has 0 radical (unpaired) electrons. The molecule has 4 rings (SSSR count). The quantitative estimate of drug-likeness (QED) is 0.574. The second-order valence-corrected chi connectivity index (χ2v) is 8.20. The van der Waals surface area contributed by atoms with Gasteiger partial charge < -0.3 is 20.3 Å². The number of likely N-dealkylation sites (tertiary alicyclic amines) is 1. The predicted octanol–water partition coefficient (Wildman–Crippen LogP) is 3.89. The number of urea groups is 1. The second-order valence-electron chi connectivity index (χ2n) is 7.76. The zero-order valence-electron chi connectivity index (χ0n) is 18.2. The molecule has 0 aliphatic carbocycles. The Morgan fingerprint density at radius 2 is 1.85 bits per heavy atom. The average Bonchev–Trinajstić information content (AvgIpc) is 3.27. The molecule has 1 aliphatic rings. The number of ether oxygens (including phenoxy) is 1. The average molecular weight is 485 g/mol. The third-order valence-corrected chi connectivity index (χ3v) is 5.82. The topological polar surface area (TPSA) is 92.7 Å². The van der Waals surface area contributed by atoms with Crippen LogP contribution in [0.2, 0.25) is 5.02 Å². The van der Waals surface area contributed by atoms with Crippen LogP contribution in [0.25, 0.3) is 5.69 Å². The van der Waals surface area contributed by atoms with Gasteiger partial charge in [-0.1, -0.05) is 17.7 Å². The Hall–Kier alpha value is -3.69. The van der Waals surface area contributed by atoms with Gasteiger partial charge in [-0.3, -0.25) is 14.2 Å². The molecule has 1 fully saturated rings. The molecular weight excluding hydrogens is 463 g/mol. The van der Waals surface area contributed by atoms with E-state index in [4.69, 9.17) is 16.3 Å². The summed E-state index contributed by atoms with van der Waals surface area (Å²) in [7, 11) is 1.50. The van der Waals surface area contributed by atoms with Crippen LogP contribution < -0.4 is 16.2 Å². The van der Waals surface area contributed by atoms with Gasteiger partial charge in [0.15, 0.2) is 0 Å². The van der Waals surface area contributed by atoms with Crippen LogP contribution in [0.5, 0.6) is 0 Å². The SMILES string of the molecule is CO[C@@H]1C[C@H](C(=O)Nc2ccc(-n3ccccc3=O)cc2F)N(C(=O)Nc2ccc(Cl)cc2)C1. The van der Waals surface area contributed by atoms with Crippen molar-refractivity contribution in [3.05, 3.63) is 88.1 Å². The van der Waals surface area contributed by atoms with Crippen molar-refractivity contribution in [1.29, 1.82) is 0 Å². The highest BCUT2D eigenvalue weighted by Crippen LogP contribution is 2.25. The summed E-state index contributed by atoms with van der Waals surface area (Å²) in [5.74, 6) is -1.26. The predicted molar refractivity (Wildman–Crippen MR) is 127 cm³/mol. The zero-order chi connectivity index (χ0) is 24.2. The van der Waals surface area contributed by atoms with Crippen molar-refractivity contribution >= 4 is 34.9 Å². The van der Waals surface area contributed by atoms with Gasteiger partial charge >= 0.3 is 6.03 Å². The Bertz CT molecular complexity index is 1260. The van der Waals surface area contributed by atoms with Crippen molar-refractivity contribution in [2.45, 2.75) is 18.6 Å². The Kier molecular flexibility index (Phi) is 6.95. The number of nitrogens with zero attached hydrogens (tertiary/aromatic N) is 2. The number of methoxy groups -OCH3 is 1. The molecule has 1 saturated heterocycles. The van der Waals surface area contributed by atoms with Gasteiger partial charge in [-0.25, -0.2) is 9.18 Å². The summed E-state index contributed by atoms with van der Waals surface area (Å²) in [6.07, 6.45) is 1.44.